The molecular formula is C12H14BrNO5. The van der Waals surface area contributed by atoms with Gasteiger partial charge in [0, 0.05) is 11.0 Å². The standard InChI is InChI=1S/C12H14BrNO5/c1-18-10-6-8(13)2-3-9(10)12(17)14-4-5-19-7-11(15)16/h2-3,6H,4-5,7H2,1H3,(H,14,17)(H,15,16). The van der Waals surface area contributed by atoms with Gasteiger partial charge in [-0.15, -0.1) is 0 Å². The van der Waals surface area contributed by atoms with Gasteiger partial charge in [-0.3, -0.25) is 4.79 Å². The summed E-state index contributed by atoms with van der Waals surface area (Å²) in [5.74, 6) is -0.887. The second kappa shape index (κ2) is 7.75. The topological polar surface area (TPSA) is 84.9 Å². The first-order valence-corrected chi connectivity index (χ1v) is 6.25. The number of hydrogen-bond donors (Lipinski definition) is 2. The van der Waals surface area contributed by atoms with Gasteiger partial charge in [0.1, 0.15) is 12.4 Å². The Kier molecular flexibility index (Phi) is 6.31. The van der Waals surface area contributed by atoms with Crippen LogP contribution in [0.1, 0.15) is 10.4 Å². The summed E-state index contributed by atoms with van der Waals surface area (Å²) in [4.78, 5) is 22.1. The normalized spacial score (nSPS) is 10.0. The van der Waals surface area contributed by atoms with Crippen molar-refractivity contribution in [1.82, 2.24) is 5.32 Å². The Morgan fingerprint density at radius 1 is 1.42 bits per heavy atom. The van der Waals surface area contributed by atoms with Gasteiger partial charge in [0.15, 0.2) is 0 Å². The van der Waals surface area contributed by atoms with Gasteiger partial charge < -0.3 is 19.9 Å². The molecule has 0 saturated carbocycles. The lowest BCUT2D eigenvalue weighted by Gasteiger charge is -2.09. The zero-order valence-electron chi connectivity index (χ0n) is 10.3. The van der Waals surface area contributed by atoms with Crippen LogP contribution in [0, 0.1) is 0 Å². The van der Waals surface area contributed by atoms with Gasteiger partial charge >= 0.3 is 5.97 Å². The van der Waals surface area contributed by atoms with Crippen molar-refractivity contribution in [2.45, 2.75) is 0 Å². The fourth-order valence-corrected chi connectivity index (χ4v) is 1.68. The van der Waals surface area contributed by atoms with Gasteiger partial charge in [-0.1, -0.05) is 15.9 Å². The summed E-state index contributed by atoms with van der Waals surface area (Å²) >= 11 is 3.29. The van der Waals surface area contributed by atoms with E-state index < -0.39 is 5.97 Å². The first kappa shape index (κ1) is 15.5. The molecule has 0 bridgehead atoms. The Balaban J connectivity index is 2.47. The number of carboxylic acids is 1. The van der Waals surface area contributed by atoms with Crippen molar-refractivity contribution < 1.29 is 24.2 Å². The highest BCUT2D eigenvalue weighted by Crippen LogP contribution is 2.23. The molecule has 0 spiro atoms. The molecule has 1 rings (SSSR count). The predicted molar refractivity (Wildman–Crippen MR) is 71.5 cm³/mol. The summed E-state index contributed by atoms with van der Waals surface area (Å²) in [5.41, 5.74) is 0.406. The van der Waals surface area contributed by atoms with Gasteiger partial charge in [-0.25, -0.2) is 4.79 Å². The average molecular weight is 332 g/mol. The molecule has 1 aromatic rings. The van der Waals surface area contributed by atoms with Crippen LogP contribution in [-0.2, 0) is 9.53 Å². The number of amides is 1. The van der Waals surface area contributed by atoms with E-state index in [9.17, 15) is 9.59 Å². The third kappa shape index (κ3) is 5.27. The van der Waals surface area contributed by atoms with Crippen LogP contribution in [0.4, 0.5) is 0 Å². The van der Waals surface area contributed by atoms with Gasteiger partial charge in [0.05, 0.1) is 19.3 Å². The number of carbonyl (C=O) groups is 2. The number of rotatable bonds is 7. The Labute approximate surface area is 118 Å². The summed E-state index contributed by atoms with van der Waals surface area (Å²) in [6.45, 7) is -0.0142. The highest BCUT2D eigenvalue weighted by atomic mass is 79.9. The van der Waals surface area contributed by atoms with E-state index in [0.29, 0.717) is 11.3 Å². The molecule has 0 aromatic heterocycles. The summed E-state index contributed by atoms with van der Waals surface area (Å²) in [7, 11) is 1.48. The van der Waals surface area contributed by atoms with Crippen molar-refractivity contribution in [2.75, 3.05) is 26.9 Å². The fourth-order valence-electron chi connectivity index (χ4n) is 1.34. The van der Waals surface area contributed by atoms with Crippen molar-refractivity contribution in [3.05, 3.63) is 28.2 Å². The summed E-state index contributed by atoms with van der Waals surface area (Å²) in [6, 6.07) is 5.06. The Morgan fingerprint density at radius 2 is 2.16 bits per heavy atom. The smallest absolute Gasteiger partial charge is 0.329 e. The van der Waals surface area contributed by atoms with E-state index in [0.717, 1.165) is 4.47 Å². The second-order valence-corrected chi connectivity index (χ2v) is 4.46. The van der Waals surface area contributed by atoms with Gasteiger partial charge in [-0.2, -0.15) is 0 Å². The molecule has 7 heteroatoms. The molecule has 104 valence electrons. The van der Waals surface area contributed by atoms with Crippen LogP contribution < -0.4 is 10.1 Å². The number of carboxylic acid groups (broad SMARTS) is 1. The summed E-state index contributed by atoms with van der Waals surface area (Å²) < 4.78 is 10.7. The van der Waals surface area contributed by atoms with Gasteiger partial charge in [0.2, 0.25) is 0 Å². The molecule has 1 amide bonds. The lowest BCUT2D eigenvalue weighted by Crippen LogP contribution is -2.28. The molecule has 0 fully saturated rings. The Morgan fingerprint density at radius 3 is 2.79 bits per heavy atom. The van der Waals surface area contributed by atoms with Gasteiger partial charge in [0.25, 0.3) is 5.91 Å². The average Bonchev–Trinajstić information content (AvgIpc) is 2.37. The van der Waals surface area contributed by atoms with Crippen molar-refractivity contribution in [3.8, 4) is 5.75 Å². The third-order valence-corrected chi connectivity index (χ3v) is 2.66. The SMILES string of the molecule is COc1cc(Br)ccc1C(=O)NCCOCC(=O)O. The minimum absolute atomic E-state index is 0.136. The van der Waals surface area contributed by atoms with Crippen LogP contribution >= 0.6 is 15.9 Å². The van der Waals surface area contributed by atoms with E-state index in [1.165, 1.54) is 7.11 Å². The molecule has 0 atom stereocenters. The number of methoxy groups -OCH3 is 1. The van der Waals surface area contributed by atoms with Crippen molar-refractivity contribution >= 4 is 27.8 Å². The molecule has 0 heterocycles. The fraction of sp³-hybridized carbons (Fsp3) is 0.333. The molecule has 0 unspecified atom stereocenters. The first-order chi connectivity index (χ1) is 9.04. The van der Waals surface area contributed by atoms with E-state index in [2.05, 4.69) is 21.2 Å². The highest BCUT2D eigenvalue weighted by molar-refractivity contribution is 9.10. The maximum atomic E-state index is 11.9. The van der Waals surface area contributed by atoms with E-state index in [1.807, 2.05) is 0 Å². The molecule has 19 heavy (non-hydrogen) atoms. The quantitative estimate of drug-likeness (QED) is 0.735. The Hall–Kier alpha value is -1.60. The number of halogens is 1. The van der Waals surface area contributed by atoms with E-state index in [1.54, 1.807) is 18.2 Å². The number of ether oxygens (including phenoxy) is 2. The van der Waals surface area contributed by atoms with Crippen molar-refractivity contribution in [1.29, 1.82) is 0 Å². The lowest BCUT2D eigenvalue weighted by atomic mass is 10.2. The zero-order valence-corrected chi connectivity index (χ0v) is 11.9. The number of hydrogen-bond acceptors (Lipinski definition) is 4. The molecular weight excluding hydrogens is 318 g/mol. The maximum Gasteiger partial charge on any atom is 0.329 e. The Bertz CT molecular complexity index is 463. The van der Waals surface area contributed by atoms with Crippen LogP contribution in [0.15, 0.2) is 22.7 Å². The number of benzene rings is 1. The monoisotopic (exact) mass is 331 g/mol. The summed E-state index contributed by atoms with van der Waals surface area (Å²) in [6.07, 6.45) is 0. The molecule has 0 aliphatic heterocycles. The predicted octanol–water partition coefficient (Wildman–Crippen LogP) is 1.29. The third-order valence-electron chi connectivity index (χ3n) is 2.17. The number of aliphatic carboxylic acids is 1. The van der Waals surface area contributed by atoms with E-state index in [4.69, 9.17) is 14.6 Å². The minimum Gasteiger partial charge on any atom is -0.496 e. The van der Waals surface area contributed by atoms with Crippen LogP contribution in [-0.4, -0.2) is 43.9 Å². The second-order valence-electron chi connectivity index (χ2n) is 3.55. The van der Waals surface area contributed by atoms with Crippen LogP contribution in [0.25, 0.3) is 0 Å². The van der Waals surface area contributed by atoms with Gasteiger partial charge in [-0.05, 0) is 18.2 Å². The van der Waals surface area contributed by atoms with Crippen LogP contribution in [0.5, 0.6) is 5.75 Å². The molecule has 0 aliphatic rings. The number of nitrogens with one attached hydrogen (secondary N) is 1. The zero-order chi connectivity index (χ0) is 14.3. The van der Waals surface area contributed by atoms with Crippen LogP contribution in [0.2, 0.25) is 0 Å². The molecule has 2 N–H and O–H groups in total. The first-order valence-electron chi connectivity index (χ1n) is 5.46. The summed E-state index contributed by atoms with van der Waals surface area (Å²) in [5, 5.41) is 11.0. The number of carbonyl (C=O) groups excluding carboxylic acids is 1. The van der Waals surface area contributed by atoms with E-state index >= 15 is 0 Å². The van der Waals surface area contributed by atoms with Crippen LogP contribution in [0.3, 0.4) is 0 Å². The maximum absolute atomic E-state index is 11.9. The minimum atomic E-state index is -1.04. The lowest BCUT2D eigenvalue weighted by molar-refractivity contribution is -0.142. The van der Waals surface area contributed by atoms with Crippen molar-refractivity contribution in [2.24, 2.45) is 0 Å². The van der Waals surface area contributed by atoms with Crippen molar-refractivity contribution in [3.63, 3.8) is 0 Å². The molecule has 0 saturated heterocycles. The molecule has 1 aromatic carbocycles. The highest BCUT2D eigenvalue weighted by Gasteiger charge is 2.11. The largest absolute Gasteiger partial charge is 0.496 e. The molecule has 0 aliphatic carbocycles. The van der Waals surface area contributed by atoms with E-state index in [-0.39, 0.29) is 25.7 Å². The molecule has 6 nitrogen and oxygen atoms in total. The molecule has 0 radical (unpaired) electrons.